The van der Waals surface area contributed by atoms with Gasteiger partial charge in [0.1, 0.15) is 0 Å². The van der Waals surface area contributed by atoms with Crippen molar-refractivity contribution in [2.75, 3.05) is 0 Å². The second kappa shape index (κ2) is 8.43. The van der Waals surface area contributed by atoms with Crippen molar-refractivity contribution in [1.82, 2.24) is 0 Å². The van der Waals surface area contributed by atoms with E-state index in [2.05, 4.69) is 10.3 Å². The Morgan fingerprint density at radius 2 is 1.18 bits per heavy atom. The Bertz CT molecular complexity index is 302. The molecule has 4 N–H and O–H groups in total. The third kappa shape index (κ3) is 6.44. The zero-order chi connectivity index (χ0) is 13.3. The van der Waals surface area contributed by atoms with Crippen LogP contribution >= 0.6 is 0 Å². The van der Waals surface area contributed by atoms with Crippen LogP contribution in [0.3, 0.4) is 0 Å². The second-order valence-electron chi connectivity index (χ2n) is 3.90. The average molecular weight is 240 g/mol. The van der Waals surface area contributed by atoms with Gasteiger partial charge in [-0.25, -0.2) is 0 Å². The first-order chi connectivity index (χ1) is 8.02. The molecule has 0 fully saturated rings. The van der Waals surface area contributed by atoms with Gasteiger partial charge in [-0.05, 0) is 39.5 Å². The fourth-order valence-corrected chi connectivity index (χ4v) is 1.39. The van der Waals surface area contributed by atoms with Crippen LogP contribution in [0, 0.1) is 10.8 Å². The van der Waals surface area contributed by atoms with Crippen LogP contribution in [0.15, 0.2) is 10.3 Å². The van der Waals surface area contributed by atoms with Gasteiger partial charge in [0.05, 0.1) is 22.8 Å². The topological polar surface area (TPSA) is 113 Å². The minimum atomic E-state index is 0.278. The van der Waals surface area contributed by atoms with E-state index in [0.717, 1.165) is 19.3 Å². The molecule has 0 aromatic carbocycles. The number of nitrogens with zero attached hydrogens (tertiary/aromatic N) is 2. The van der Waals surface area contributed by atoms with Gasteiger partial charge in [-0.1, -0.05) is 16.7 Å². The summed E-state index contributed by atoms with van der Waals surface area (Å²) in [5, 5.41) is 38.0. The monoisotopic (exact) mass is 240 g/mol. The molecule has 0 aliphatic rings. The van der Waals surface area contributed by atoms with Crippen LogP contribution in [0.2, 0.25) is 0 Å². The minimum Gasteiger partial charge on any atom is -0.411 e. The van der Waals surface area contributed by atoms with Crippen LogP contribution in [0.25, 0.3) is 0 Å². The van der Waals surface area contributed by atoms with Crippen LogP contribution in [0.1, 0.15) is 46.0 Å². The Balaban J connectivity index is 3.80. The molecule has 0 amide bonds. The van der Waals surface area contributed by atoms with Gasteiger partial charge in [-0.15, -0.1) is 0 Å². The smallest absolute Gasteiger partial charge is 0.0999 e. The standard InChI is InChI=1S/C11H20N4O2/c1-8(12)10(14-16)6-4-3-5-7-11(15-17)9(2)13/h12-13,16-17H,3-7H2,1-2H3. The molecule has 17 heavy (non-hydrogen) atoms. The molecule has 96 valence electrons. The Morgan fingerprint density at radius 3 is 1.41 bits per heavy atom. The van der Waals surface area contributed by atoms with Crippen LogP contribution in [-0.4, -0.2) is 33.3 Å². The normalized spacial score (nSPS) is 12.6. The van der Waals surface area contributed by atoms with E-state index >= 15 is 0 Å². The highest BCUT2D eigenvalue weighted by atomic mass is 16.4. The van der Waals surface area contributed by atoms with Crippen LogP contribution in [-0.2, 0) is 0 Å². The summed E-state index contributed by atoms with van der Waals surface area (Å²) >= 11 is 0. The summed E-state index contributed by atoms with van der Waals surface area (Å²) in [6.45, 7) is 3.17. The van der Waals surface area contributed by atoms with Crippen molar-refractivity contribution >= 4 is 22.8 Å². The predicted octanol–water partition coefficient (Wildman–Crippen LogP) is 2.68. The molecule has 0 aromatic heterocycles. The maximum Gasteiger partial charge on any atom is 0.0999 e. The molecule has 6 heteroatoms. The predicted molar refractivity (Wildman–Crippen MR) is 68.3 cm³/mol. The van der Waals surface area contributed by atoms with Crippen LogP contribution in [0.5, 0.6) is 0 Å². The van der Waals surface area contributed by atoms with Gasteiger partial charge in [-0.2, -0.15) is 0 Å². The lowest BCUT2D eigenvalue weighted by molar-refractivity contribution is 0.318. The molecule has 0 unspecified atom stereocenters. The molecule has 0 saturated carbocycles. The number of nitrogens with one attached hydrogen (secondary N) is 2. The van der Waals surface area contributed by atoms with Gasteiger partial charge in [0.25, 0.3) is 0 Å². The van der Waals surface area contributed by atoms with E-state index in [1.165, 1.54) is 0 Å². The van der Waals surface area contributed by atoms with Gasteiger partial charge in [0.2, 0.25) is 0 Å². The summed E-state index contributed by atoms with van der Waals surface area (Å²) in [7, 11) is 0. The van der Waals surface area contributed by atoms with Gasteiger partial charge in [0, 0.05) is 0 Å². The first-order valence-corrected chi connectivity index (χ1v) is 5.55. The molecule has 0 rings (SSSR count). The van der Waals surface area contributed by atoms with E-state index < -0.39 is 0 Å². The number of rotatable bonds is 8. The van der Waals surface area contributed by atoms with Crippen molar-refractivity contribution in [3.63, 3.8) is 0 Å². The maximum absolute atomic E-state index is 8.62. The first-order valence-electron chi connectivity index (χ1n) is 5.55. The molecule has 0 spiro atoms. The molecule has 0 radical (unpaired) electrons. The van der Waals surface area contributed by atoms with E-state index in [1.54, 1.807) is 13.8 Å². The fourth-order valence-electron chi connectivity index (χ4n) is 1.39. The highest BCUT2D eigenvalue weighted by Crippen LogP contribution is 2.06. The van der Waals surface area contributed by atoms with Crippen molar-refractivity contribution in [3.8, 4) is 0 Å². The molecule has 0 saturated heterocycles. The molecule has 0 bridgehead atoms. The highest BCUT2D eigenvalue weighted by Gasteiger charge is 2.05. The Labute approximate surface area is 101 Å². The van der Waals surface area contributed by atoms with Crippen molar-refractivity contribution in [3.05, 3.63) is 0 Å². The van der Waals surface area contributed by atoms with Crippen LogP contribution < -0.4 is 0 Å². The lowest BCUT2D eigenvalue weighted by atomic mass is 10.0. The number of unbranched alkanes of at least 4 members (excludes halogenated alkanes) is 2. The van der Waals surface area contributed by atoms with Crippen molar-refractivity contribution in [2.45, 2.75) is 46.0 Å². The van der Waals surface area contributed by atoms with Gasteiger partial charge in [-0.3, -0.25) is 0 Å². The molecule has 0 aliphatic heterocycles. The quantitative estimate of drug-likeness (QED) is 0.226. The molecule has 0 aromatic rings. The van der Waals surface area contributed by atoms with Crippen molar-refractivity contribution < 1.29 is 10.4 Å². The first kappa shape index (κ1) is 15.3. The lowest BCUT2D eigenvalue weighted by Crippen LogP contribution is -2.10. The molecular weight excluding hydrogens is 220 g/mol. The third-order valence-corrected chi connectivity index (χ3v) is 2.43. The Hall–Kier alpha value is -1.72. The van der Waals surface area contributed by atoms with E-state index in [0.29, 0.717) is 24.3 Å². The Kier molecular flexibility index (Phi) is 7.58. The number of oxime groups is 2. The minimum absolute atomic E-state index is 0.278. The summed E-state index contributed by atoms with van der Waals surface area (Å²) < 4.78 is 0. The molecule has 0 heterocycles. The van der Waals surface area contributed by atoms with Crippen molar-refractivity contribution in [2.24, 2.45) is 10.3 Å². The zero-order valence-corrected chi connectivity index (χ0v) is 10.3. The lowest BCUT2D eigenvalue weighted by Gasteiger charge is -2.03. The van der Waals surface area contributed by atoms with E-state index in [-0.39, 0.29) is 11.4 Å². The van der Waals surface area contributed by atoms with Crippen LogP contribution in [0.4, 0.5) is 0 Å². The average Bonchev–Trinajstić information content (AvgIpc) is 2.27. The number of hydrogen-bond donors (Lipinski definition) is 4. The summed E-state index contributed by atoms with van der Waals surface area (Å²) in [5.74, 6) is 0. The largest absolute Gasteiger partial charge is 0.411 e. The van der Waals surface area contributed by atoms with Gasteiger partial charge >= 0.3 is 0 Å². The summed E-state index contributed by atoms with van der Waals surface area (Å²) in [5.41, 5.74) is 1.37. The highest BCUT2D eigenvalue weighted by molar-refractivity contribution is 6.40. The molecule has 0 atom stereocenters. The fraction of sp³-hybridized carbons (Fsp3) is 0.636. The van der Waals surface area contributed by atoms with Gasteiger partial charge < -0.3 is 21.2 Å². The second-order valence-corrected chi connectivity index (χ2v) is 3.90. The third-order valence-electron chi connectivity index (χ3n) is 2.43. The SMILES string of the molecule is CC(=N)C(CCCCCC(=NO)C(C)=N)=NO. The van der Waals surface area contributed by atoms with E-state index in [9.17, 15) is 0 Å². The summed E-state index contributed by atoms with van der Waals surface area (Å²) in [6, 6.07) is 0. The van der Waals surface area contributed by atoms with E-state index in [1.807, 2.05) is 0 Å². The van der Waals surface area contributed by atoms with Gasteiger partial charge in [0.15, 0.2) is 0 Å². The molecular formula is C11H20N4O2. The maximum atomic E-state index is 8.62. The van der Waals surface area contributed by atoms with Crippen molar-refractivity contribution in [1.29, 1.82) is 10.8 Å². The zero-order valence-electron chi connectivity index (χ0n) is 10.3. The number of hydrogen-bond acceptors (Lipinski definition) is 6. The molecule has 0 aliphatic carbocycles. The summed E-state index contributed by atoms with van der Waals surface area (Å²) in [6.07, 6.45) is 3.64. The summed E-state index contributed by atoms with van der Waals surface area (Å²) in [4.78, 5) is 0. The van der Waals surface area contributed by atoms with E-state index in [4.69, 9.17) is 21.2 Å². The molecule has 6 nitrogen and oxygen atoms in total. The Morgan fingerprint density at radius 1 is 0.824 bits per heavy atom.